The van der Waals surface area contributed by atoms with E-state index in [1.54, 1.807) is 46.9 Å². The largest absolute Gasteiger partial charge is 0.497 e. The molecule has 46 heavy (non-hydrogen) atoms. The highest BCUT2D eigenvalue weighted by atomic mass is 16.6. The van der Waals surface area contributed by atoms with Crippen LogP contribution in [-0.4, -0.2) is 89.6 Å². The molecule has 3 atom stereocenters. The summed E-state index contributed by atoms with van der Waals surface area (Å²) in [4.78, 5) is 59.4. The molecule has 1 aliphatic rings. The molecule has 1 saturated heterocycles. The summed E-state index contributed by atoms with van der Waals surface area (Å²) in [5, 5.41) is 3.28. The van der Waals surface area contributed by atoms with Crippen LogP contribution in [0.1, 0.15) is 34.1 Å². The third-order valence-corrected chi connectivity index (χ3v) is 7.37. The zero-order valence-corrected chi connectivity index (χ0v) is 27.0. The molecule has 1 fully saturated rings. The van der Waals surface area contributed by atoms with Crippen LogP contribution in [0.3, 0.4) is 0 Å². The number of likely N-dealkylation sites (N-methyl/N-ethyl adjacent to an activating group) is 1. The van der Waals surface area contributed by atoms with Gasteiger partial charge >= 0.3 is 6.09 Å². The maximum atomic E-state index is 14.0. The lowest BCUT2D eigenvalue weighted by atomic mass is 10.1. The number of carbonyl (C=O) groups excluding carboxylic acids is 4. The number of nitrogens with two attached hydrogens (primary N) is 1. The van der Waals surface area contributed by atoms with E-state index in [1.165, 1.54) is 16.8 Å². The van der Waals surface area contributed by atoms with Crippen LogP contribution >= 0.6 is 0 Å². The van der Waals surface area contributed by atoms with Crippen LogP contribution in [0.25, 0.3) is 22.2 Å². The van der Waals surface area contributed by atoms with Crippen LogP contribution < -0.4 is 20.5 Å². The summed E-state index contributed by atoms with van der Waals surface area (Å²) in [6.07, 6.45) is -1.37. The molecule has 0 bridgehead atoms. The number of fused-ring (bicyclic) bond motifs is 1. The van der Waals surface area contributed by atoms with Crippen molar-refractivity contribution in [3.05, 3.63) is 66.7 Å². The Balaban J connectivity index is 1.65. The van der Waals surface area contributed by atoms with Crippen LogP contribution in [-0.2, 0) is 19.1 Å². The Morgan fingerprint density at radius 1 is 1.13 bits per heavy atom. The quantitative estimate of drug-likeness (QED) is 0.322. The van der Waals surface area contributed by atoms with E-state index >= 15 is 0 Å². The van der Waals surface area contributed by atoms with E-state index in [1.807, 2.05) is 42.5 Å². The minimum absolute atomic E-state index is 0.00226. The van der Waals surface area contributed by atoms with Gasteiger partial charge in [0.05, 0.1) is 31.4 Å². The molecular formula is C34H41N5O7. The van der Waals surface area contributed by atoms with Gasteiger partial charge in [0.1, 0.15) is 35.3 Å². The number of nitrogens with one attached hydrogen (secondary N) is 1. The van der Waals surface area contributed by atoms with Crippen LogP contribution in [0.2, 0.25) is 0 Å². The number of rotatable bonds is 10. The number of methoxy groups -OCH3 is 1. The fourth-order valence-electron chi connectivity index (χ4n) is 5.25. The minimum atomic E-state index is -1.25. The topological polar surface area (TPSA) is 153 Å². The van der Waals surface area contributed by atoms with Gasteiger partial charge in [-0.3, -0.25) is 14.4 Å². The summed E-state index contributed by atoms with van der Waals surface area (Å²) >= 11 is 0. The second kappa shape index (κ2) is 13.9. The monoisotopic (exact) mass is 631 g/mol. The van der Waals surface area contributed by atoms with Gasteiger partial charge in [-0.2, -0.15) is 0 Å². The summed E-state index contributed by atoms with van der Waals surface area (Å²) in [7, 11) is 3.06. The van der Waals surface area contributed by atoms with Gasteiger partial charge in [-0.05, 0) is 39.8 Å². The van der Waals surface area contributed by atoms with E-state index in [0.717, 1.165) is 5.56 Å². The van der Waals surface area contributed by atoms with Crippen LogP contribution in [0.15, 0.2) is 66.7 Å². The molecule has 0 unspecified atom stereocenters. The number of alkyl carbamates (subject to hydrolysis) is 1. The lowest BCUT2D eigenvalue weighted by Crippen LogP contribution is -2.57. The van der Waals surface area contributed by atoms with Gasteiger partial charge in [-0.25, -0.2) is 9.78 Å². The molecule has 0 spiro atoms. The molecule has 3 N–H and O–H groups in total. The SMILES string of the molecule is C=C(C)C(=O)N(C)C[C@H](NC(=O)OC(C)(C)C)C(=O)N1C[C@H](Oc2cc(-c3ccccc3)nc3cc(OC)ccc23)C[C@H]1C(N)=O. The molecule has 1 aliphatic heterocycles. The first kappa shape index (κ1) is 33.8. The highest BCUT2D eigenvalue weighted by molar-refractivity contribution is 5.94. The molecule has 2 heterocycles. The Morgan fingerprint density at radius 3 is 2.43 bits per heavy atom. The lowest BCUT2D eigenvalue weighted by Gasteiger charge is -2.31. The number of amides is 4. The predicted octanol–water partition coefficient (Wildman–Crippen LogP) is 3.67. The van der Waals surface area contributed by atoms with Crippen LogP contribution in [0.5, 0.6) is 11.5 Å². The second-order valence-electron chi connectivity index (χ2n) is 12.3. The number of aromatic nitrogens is 1. The zero-order chi connectivity index (χ0) is 33.8. The van der Waals surface area contributed by atoms with Gasteiger partial charge in [-0.1, -0.05) is 36.9 Å². The van der Waals surface area contributed by atoms with E-state index in [4.69, 9.17) is 24.9 Å². The molecule has 2 aromatic carbocycles. The van der Waals surface area contributed by atoms with Crippen molar-refractivity contribution >= 4 is 34.7 Å². The summed E-state index contributed by atoms with van der Waals surface area (Å²) in [5.41, 5.74) is 7.38. The third-order valence-electron chi connectivity index (χ3n) is 7.37. The maximum absolute atomic E-state index is 14.0. The minimum Gasteiger partial charge on any atom is -0.497 e. The third kappa shape index (κ3) is 8.12. The average Bonchev–Trinajstić information content (AvgIpc) is 3.43. The summed E-state index contributed by atoms with van der Waals surface area (Å²) in [6.45, 7) is 10.1. The van der Waals surface area contributed by atoms with Crippen molar-refractivity contribution in [2.24, 2.45) is 5.73 Å². The lowest BCUT2D eigenvalue weighted by molar-refractivity contribution is -0.140. The fraction of sp³-hybridized carbons (Fsp3) is 0.382. The van der Waals surface area contributed by atoms with E-state index in [2.05, 4.69) is 11.9 Å². The zero-order valence-electron chi connectivity index (χ0n) is 27.0. The van der Waals surface area contributed by atoms with Crippen molar-refractivity contribution < 1.29 is 33.4 Å². The first-order valence-corrected chi connectivity index (χ1v) is 14.9. The van der Waals surface area contributed by atoms with Crippen molar-refractivity contribution in [3.63, 3.8) is 0 Å². The summed E-state index contributed by atoms with van der Waals surface area (Å²) in [6, 6.07) is 14.6. The van der Waals surface area contributed by atoms with Gasteiger partial charge in [0.25, 0.3) is 0 Å². The highest BCUT2D eigenvalue weighted by Crippen LogP contribution is 2.34. The number of nitrogens with zero attached hydrogens (tertiary/aromatic N) is 3. The smallest absolute Gasteiger partial charge is 0.408 e. The first-order valence-electron chi connectivity index (χ1n) is 14.9. The van der Waals surface area contributed by atoms with Crippen LogP contribution in [0.4, 0.5) is 4.79 Å². The second-order valence-corrected chi connectivity index (χ2v) is 12.3. The summed E-state index contributed by atoms with van der Waals surface area (Å²) in [5.74, 6) is -0.619. The van der Waals surface area contributed by atoms with Crippen molar-refractivity contribution in [3.8, 4) is 22.8 Å². The van der Waals surface area contributed by atoms with E-state index in [0.29, 0.717) is 28.1 Å². The number of likely N-dealkylation sites (tertiary alicyclic amines) is 1. The number of hydrogen-bond donors (Lipinski definition) is 2. The Morgan fingerprint density at radius 2 is 1.83 bits per heavy atom. The number of carbonyl (C=O) groups is 4. The number of ether oxygens (including phenoxy) is 3. The molecule has 12 nitrogen and oxygen atoms in total. The Hall–Kier alpha value is -5.13. The van der Waals surface area contributed by atoms with Crippen molar-refractivity contribution in [2.75, 3.05) is 27.2 Å². The molecule has 4 amide bonds. The van der Waals surface area contributed by atoms with Crippen molar-refractivity contribution in [2.45, 2.75) is 57.9 Å². The predicted molar refractivity (Wildman–Crippen MR) is 173 cm³/mol. The van der Waals surface area contributed by atoms with Gasteiger partial charge in [0.2, 0.25) is 17.7 Å². The van der Waals surface area contributed by atoms with Gasteiger partial charge in [0.15, 0.2) is 0 Å². The molecular weight excluding hydrogens is 590 g/mol. The molecule has 0 saturated carbocycles. The summed E-state index contributed by atoms with van der Waals surface area (Å²) < 4.78 is 17.3. The van der Waals surface area contributed by atoms with E-state index in [-0.39, 0.29) is 25.1 Å². The Kier molecular flexibility index (Phi) is 10.2. The van der Waals surface area contributed by atoms with Crippen molar-refractivity contribution in [1.82, 2.24) is 20.1 Å². The highest BCUT2D eigenvalue weighted by Gasteiger charge is 2.43. The maximum Gasteiger partial charge on any atom is 0.408 e. The number of hydrogen-bond acceptors (Lipinski definition) is 8. The van der Waals surface area contributed by atoms with E-state index < -0.39 is 47.6 Å². The van der Waals surface area contributed by atoms with Gasteiger partial charge in [0, 0.05) is 42.1 Å². The van der Waals surface area contributed by atoms with Crippen molar-refractivity contribution in [1.29, 1.82) is 0 Å². The van der Waals surface area contributed by atoms with Gasteiger partial charge < -0.3 is 35.1 Å². The van der Waals surface area contributed by atoms with Gasteiger partial charge in [-0.15, -0.1) is 0 Å². The number of benzene rings is 2. The standard InChI is InChI=1S/C34H41N5O7/c1-20(2)31(41)38(6)19-27(37-33(43)46-34(3,4)5)32(42)39-18-23(16-28(39)30(35)40)45-29-17-25(21-11-9-8-10-12-21)36-26-15-22(44-7)13-14-24(26)29/h8-15,17,23,27-28H,1,16,18-19H2,2-7H3,(H2,35,40)(H,37,43)/t23-,27+,28+/m1/s1. The Labute approximate surface area is 268 Å². The number of pyridine rings is 1. The van der Waals surface area contributed by atoms with E-state index in [9.17, 15) is 19.2 Å². The molecule has 0 aliphatic carbocycles. The fourth-order valence-corrected chi connectivity index (χ4v) is 5.25. The molecule has 12 heteroatoms. The first-order chi connectivity index (χ1) is 21.7. The molecule has 0 radical (unpaired) electrons. The molecule has 1 aromatic heterocycles. The normalized spacial score (nSPS) is 16.8. The average molecular weight is 632 g/mol. The number of primary amides is 1. The molecule has 3 aromatic rings. The van der Waals surface area contributed by atoms with Crippen LogP contribution in [0, 0.1) is 0 Å². The Bertz CT molecular complexity index is 1640. The molecule has 244 valence electrons. The molecule has 4 rings (SSSR count).